The summed E-state index contributed by atoms with van der Waals surface area (Å²) in [4.78, 5) is 19.5. The number of aromatic amines is 1. The Morgan fingerprint density at radius 3 is 2.77 bits per heavy atom. The molecule has 1 aliphatic heterocycles. The van der Waals surface area contributed by atoms with Gasteiger partial charge in [-0.25, -0.2) is 4.39 Å². The van der Waals surface area contributed by atoms with Crippen molar-refractivity contribution in [1.82, 2.24) is 14.8 Å². The number of aliphatic hydroxyl groups excluding tert-OH is 1. The van der Waals surface area contributed by atoms with Gasteiger partial charge in [-0.15, -0.1) is 0 Å². The van der Waals surface area contributed by atoms with Crippen LogP contribution in [0.1, 0.15) is 5.56 Å². The normalized spacial score (nSPS) is 16.4. The van der Waals surface area contributed by atoms with Crippen molar-refractivity contribution in [1.29, 1.82) is 0 Å². The molecule has 0 atom stereocenters. The van der Waals surface area contributed by atoms with Crippen LogP contribution in [-0.2, 0) is 11.2 Å². The highest BCUT2D eigenvalue weighted by molar-refractivity contribution is 5.89. The summed E-state index contributed by atoms with van der Waals surface area (Å²) in [6, 6.07) is 4.56. The number of carbonyl (C=O) groups is 1. The monoisotopic (exact) mass is 305 g/mol. The van der Waals surface area contributed by atoms with Gasteiger partial charge < -0.3 is 15.0 Å². The van der Waals surface area contributed by atoms with Crippen molar-refractivity contribution in [2.75, 3.05) is 39.3 Å². The first-order valence-corrected chi connectivity index (χ1v) is 7.54. The van der Waals surface area contributed by atoms with Gasteiger partial charge in [-0.1, -0.05) is 0 Å². The summed E-state index contributed by atoms with van der Waals surface area (Å²) in [5.41, 5.74) is 1.68. The molecular formula is C16H20FN3O2. The molecule has 1 saturated heterocycles. The Morgan fingerprint density at radius 2 is 2.05 bits per heavy atom. The number of H-pyrrole nitrogens is 1. The molecule has 1 aromatic carbocycles. The molecule has 1 aliphatic rings. The van der Waals surface area contributed by atoms with Crippen LogP contribution in [0.3, 0.4) is 0 Å². The van der Waals surface area contributed by atoms with E-state index in [4.69, 9.17) is 5.11 Å². The zero-order chi connectivity index (χ0) is 15.5. The summed E-state index contributed by atoms with van der Waals surface area (Å²) in [5, 5.41) is 9.70. The fourth-order valence-electron chi connectivity index (χ4n) is 2.93. The number of aromatic nitrogens is 1. The van der Waals surface area contributed by atoms with Crippen molar-refractivity contribution in [2.24, 2.45) is 0 Å². The second-order valence-corrected chi connectivity index (χ2v) is 5.63. The lowest BCUT2D eigenvalue weighted by Gasteiger charge is -2.34. The van der Waals surface area contributed by atoms with E-state index >= 15 is 0 Å². The van der Waals surface area contributed by atoms with E-state index in [2.05, 4.69) is 9.88 Å². The number of hydrogen-bond donors (Lipinski definition) is 2. The zero-order valence-corrected chi connectivity index (χ0v) is 12.4. The molecule has 5 nitrogen and oxygen atoms in total. The highest BCUT2D eigenvalue weighted by atomic mass is 19.1. The fourth-order valence-corrected chi connectivity index (χ4v) is 2.93. The summed E-state index contributed by atoms with van der Waals surface area (Å²) < 4.78 is 13.4. The van der Waals surface area contributed by atoms with Crippen LogP contribution in [0.15, 0.2) is 24.4 Å². The Hall–Kier alpha value is -1.92. The number of fused-ring (bicyclic) bond motifs is 1. The number of amides is 1. The van der Waals surface area contributed by atoms with Crippen LogP contribution in [-0.4, -0.2) is 65.1 Å². The minimum absolute atomic E-state index is 0.0637. The van der Waals surface area contributed by atoms with Crippen LogP contribution >= 0.6 is 0 Å². The Kier molecular flexibility index (Phi) is 4.40. The lowest BCUT2D eigenvalue weighted by atomic mass is 10.1. The largest absolute Gasteiger partial charge is 0.395 e. The van der Waals surface area contributed by atoms with E-state index in [1.54, 1.807) is 12.3 Å². The third-order valence-corrected chi connectivity index (χ3v) is 4.21. The molecule has 2 aromatic rings. The van der Waals surface area contributed by atoms with Gasteiger partial charge >= 0.3 is 0 Å². The van der Waals surface area contributed by atoms with Gasteiger partial charge in [0.15, 0.2) is 0 Å². The molecule has 3 rings (SSSR count). The second kappa shape index (κ2) is 6.46. The Morgan fingerprint density at radius 1 is 1.27 bits per heavy atom. The van der Waals surface area contributed by atoms with Gasteiger partial charge in [-0.2, -0.15) is 0 Å². The zero-order valence-electron chi connectivity index (χ0n) is 12.4. The maximum Gasteiger partial charge on any atom is 0.227 e. The summed E-state index contributed by atoms with van der Waals surface area (Å²) in [5.74, 6) is -0.229. The number of rotatable bonds is 4. The molecule has 1 aromatic heterocycles. The number of nitrogens with zero attached hydrogens (tertiary/aromatic N) is 2. The van der Waals surface area contributed by atoms with Crippen LogP contribution < -0.4 is 0 Å². The topological polar surface area (TPSA) is 59.6 Å². The van der Waals surface area contributed by atoms with Gasteiger partial charge in [0.1, 0.15) is 5.82 Å². The second-order valence-electron chi connectivity index (χ2n) is 5.63. The van der Waals surface area contributed by atoms with E-state index in [9.17, 15) is 9.18 Å². The molecule has 0 unspecified atom stereocenters. The molecule has 6 heteroatoms. The molecule has 118 valence electrons. The van der Waals surface area contributed by atoms with E-state index in [0.717, 1.165) is 29.6 Å². The van der Waals surface area contributed by atoms with Crippen molar-refractivity contribution in [3.05, 3.63) is 35.8 Å². The molecule has 0 saturated carbocycles. The number of benzene rings is 1. The SMILES string of the molecule is O=C(Cc1c[nH]c2ccc(F)cc12)N1CCN(CCO)CC1. The number of halogens is 1. The lowest BCUT2D eigenvalue weighted by molar-refractivity contribution is -0.132. The van der Waals surface area contributed by atoms with Crippen molar-refractivity contribution < 1.29 is 14.3 Å². The third-order valence-electron chi connectivity index (χ3n) is 4.21. The maximum absolute atomic E-state index is 13.4. The molecular weight excluding hydrogens is 285 g/mol. The molecule has 2 N–H and O–H groups in total. The maximum atomic E-state index is 13.4. The Bertz CT molecular complexity index is 662. The highest BCUT2D eigenvalue weighted by Crippen LogP contribution is 2.20. The summed E-state index contributed by atoms with van der Waals surface area (Å²) in [6.45, 7) is 3.73. The van der Waals surface area contributed by atoms with E-state index in [1.165, 1.54) is 12.1 Å². The van der Waals surface area contributed by atoms with Gasteiger partial charge in [0.2, 0.25) is 5.91 Å². The molecule has 1 fully saturated rings. The number of nitrogens with one attached hydrogen (secondary N) is 1. The Balaban J connectivity index is 1.65. The van der Waals surface area contributed by atoms with E-state index < -0.39 is 0 Å². The first-order chi connectivity index (χ1) is 10.7. The molecule has 2 heterocycles. The first kappa shape index (κ1) is 15.0. The predicted octanol–water partition coefficient (Wildman–Crippen LogP) is 0.986. The van der Waals surface area contributed by atoms with Gasteiger partial charge in [0.25, 0.3) is 0 Å². The van der Waals surface area contributed by atoms with Gasteiger partial charge in [-0.05, 0) is 23.8 Å². The van der Waals surface area contributed by atoms with Crippen molar-refractivity contribution in [2.45, 2.75) is 6.42 Å². The molecule has 0 spiro atoms. The summed E-state index contributed by atoms with van der Waals surface area (Å²) >= 11 is 0. The Labute approximate surface area is 128 Å². The average molecular weight is 305 g/mol. The number of β-amino-alcohol motifs (C(OH)–C–C–N with tert-alkyl or cyclic N) is 1. The molecule has 1 amide bonds. The van der Waals surface area contributed by atoms with E-state index in [1.807, 2.05) is 4.90 Å². The average Bonchev–Trinajstić information content (AvgIpc) is 2.90. The number of carbonyl (C=O) groups excluding carboxylic acids is 1. The van der Waals surface area contributed by atoms with Crippen molar-refractivity contribution in [3.8, 4) is 0 Å². The molecule has 0 radical (unpaired) electrons. The van der Waals surface area contributed by atoms with E-state index in [0.29, 0.717) is 19.6 Å². The molecule has 22 heavy (non-hydrogen) atoms. The van der Waals surface area contributed by atoms with Crippen LogP contribution in [0, 0.1) is 5.82 Å². The van der Waals surface area contributed by atoms with Gasteiger partial charge in [0.05, 0.1) is 13.0 Å². The predicted molar refractivity (Wildman–Crippen MR) is 82.1 cm³/mol. The van der Waals surface area contributed by atoms with Crippen molar-refractivity contribution in [3.63, 3.8) is 0 Å². The van der Waals surface area contributed by atoms with Crippen molar-refractivity contribution >= 4 is 16.8 Å². The number of piperazine rings is 1. The third kappa shape index (κ3) is 3.13. The quantitative estimate of drug-likeness (QED) is 0.885. The minimum Gasteiger partial charge on any atom is -0.395 e. The fraction of sp³-hybridized carbons (Fsp3) is 0.438. The van der Waals surface area contributed by atoms with E-state index in [-0.39, 0.29) is 24.8 Å². The number of aliphatic hydroxyl groups is 1. The van der Waals surface area contributed by atoms with Crippen LogP contribution in [0.4, 0.5) is 4.39 Å². The minimum atomic E-state index is -0.293. The van der Waals surface area contributed by atoms with Gasteiger partial charge in [-0.3, -0.25) is 9.69 Å². The smallest absolute Gasteiger partial charge is 0.227 e. The highest BCUT2D eigenvalue weighted by Gasteiger charge is 2.21. The molecule has 0 aliphatic carbocycles. The summed E-state index contributed by atoms with van der Waals surface area (Å²) in [7, 11) is 0. The first-order valence-electron chi connectivity index (χ1n) is 7.54. The lowest BCUT2D eigenvalue weighted by Crippen LogP contribution is -2.49. The summed E-state index contributed by atoms with van der Waals surface area (Å²) in [6.07, 6.45) is 2.06. The van der Waals surface area contributed by atoms with Crippen LogP contribution in [0.25, 0.3) is 10.9 Å². The molecule has 0 bridgehead atoms. The standard InChI is InChI=1S/C16H20FN3O2/c17-13-1-2-15-14(10-13)12(11-18-15)9-16(22)20-5-3-19(4-6-20)7-8-21/h1-2,10-11,18,21H,3-9H2. The number of hydrogen-bond acceptors (Lipinski definition) is 3. The van der Waals surface area contributed by atoms with Crippen LogP contribution in [0.5, 0.6) is 0 Å². The van der Waals surface area contributed by atoms with Crippen LogP contribution in [0.2, 0.25) is 0 Å². The van der Waals surface area contributed by atoms with Gasteiger partial charge in [0, 0.05) is 49.8 Å².